The summed E-state index contributed by atoms with van der Waals surface area (Å²) in [6.45, 7) is 6.14. The SMILES string of the molecule is CC1(C)CCCC12CCNC2CO. The van der Waals surface area contributed by atoms with Crippen LogP contribution in [0.4, 0.5) is 0 Å². The van der Waals surface area contributed by atoms with Gasteiger partial charge in [0.2, 0.25) is 0 Å². The molecule has 0 aromatic rings. The van der Waals surface area contributed by atoms with Crippen molar-refractivity contribution in [2.75, 3.05) is 13.2 Å². The van der Waals surface area contributed by atoms with Crippen LogP contribution in [0.25, 0.3) is 0 Å². The number of aliphatic hydroxyl groups excluding tert-OH is 1. The molecule has 0 bridgehead atoms. The van der Waals surface area contributed by atoms with E-state index >= 15 is 0 Å². The fraction of sp³-hybridized carbons (Fsp3) is 1.00. The molecule has 1 saturated heterocycles. The molecule has 2 rings (SSSR count). The van der Waals surface area contributed by atoms with E-state index in [9.17, 15) is 5.11 Å². The van der Waals surface area contributed by atoms with Crippen molar-refractivity contribution in [3.63, 3.8) is 0 Å². The van der Waals surface area contributed by atoms with Crippen LogP contribution in [0.3, 0.4) is 0 Å². The van der Waals surface area contributed by atoms with Crippen LogP contribution in [0, 0.1) is 10.8 Å². The molecule has 1 heterocycles. The molecule has 1 aliphatic heterocycles. The Morgan fingerprint density at radius 2 is 2.08 bits per heavy atom. The van der Waals surface area contributed by atoms with Gasteiger partial charge in [-0.05, 0) is 36.6 Å². The van der Waals surface area contributed by atoms with E-state index in [1.54, 1.807) is 0 Å². The van der Waals surface area contributed by atoms with Gasteiger partial charge in [0.15, 0.2) is 0 Å². The van der Waals surface area contributed by atoms with Crippen molar-refractivity contribution in [3.8, 4) is 0 Å². The fourth-order valence-electron chi connectivity index (χ4n) is 3.62. The zero-order valence-electron chi connectivity index (χ0n) is 8.77. The molecule has 1 aliphatic carbocycles. The van der Waals surface area contributed by atoms with Gasteiger partial charge in [0, 0.05) is 6.04 Å². The molecule has 1 spiro atoms. The maximum absolute atomic E-state index is 9.36. The third-order valence-corrected chi connectivity index (χ3v) is 4.58. The monoisotopic (exact) mass is 183 g/mol. The van der Waals surface area contributed by atoms with Gasteiger partial charge >= 0.3 is 0 Å². The molecule has 2 unspecified atom stereocenters. The Morgan fingerprint density at radius 1 is 1.31 bits per heavy atom. The van der Waals surface area contributed by atoms with Crippen LogP contribution in [0.5, 0.6) is 0 Å². The number of rotatable bonds is 1. The number of aliphatic hydroxyl groups is 1. The molecule has 2 N–H and O–H groups in total. The van der Waals surface area contributed by atoms with Crippen LogP contribution >= 0.6 is 0 Å². The van der Waals surface area contributed by atoms with Crippen molar-refractivity contribution < 1.29 is 5.11 Å². The van der Waals surface area contributed by atoms with E-state index in [0.717, 1.165) is 6.54 Å². The predicted molar refractivity (Wildman–Crippen MR) is 53.6 cm³/mol. The lowest BCUT2D eigenvalue weighted by molar-refractivity contribution is 0.0603. The van der Waals surface area contributed by atoms with Crippen molar-refractivity contribution in [2.24, 2.45) is 10.8 Å². The summed E-state index contributed by atoms with van der Waals surface area (Å²) >= 11 is 0. The second-order valence-electron chi connectivity index (χ2n) is 5.33. The first-order valence-corrected chi connectivity index (χ1v) is 5.47. The van der Waals surface area contributed by atoms with Gasteiger partial charge in [-0.1, -0.05) is 20.3 Å². The molecule has 1 saturated carbocycles. The van der Waals surface area contributed by atoms with Crippen molar-refractivity contribution >= 4 is 0 Å². The van der Waals surface area contributed by atoms with Gasteiger partial charge < -0.3 is 10.4 Å². The zero-order chi connectivity index (χ0) is 9.53. The lowest BCUT2D eigenvalue weighted by Gasteiger charge is -2.42. The van der Waals surface area contributed by atoms with E-state index in [1.165, 1.54) is 25.7 Å². The summed E-state index contributed by atoms with van der Waals surface area (Å²) in [5.41, 5.74) is 0.811. The summed E-state index contributed by atoms with van der Waals surface area (Å²) in [7, 11) is 0. The summed E-state index contributed by atoms with van der Waals surface area (Å²) in [4.78, 5) is 0. The van der Waals surface area contributed by atoms with Crippen molar-refractivity contribution in [1.29, 1.82) is 0 Å². The Kier molecular flexibility index (Phi) is 2.16. The molecule has 2 nitrogen and oxygen atoms in total. The first-order valence-electron chi connectivity index (χ1n) is 5.47. The second kappa shape index (κ2) is 2.96. The molecule has 13 heavy (non-hydrogen) atoms. The first-order chi connectivity index (χ1) is 6.12. The Morgan fingerprint density at radius 3 is 2.62 bits per heavy atom. The minimum Gasteiger partial charge on any atom is -0.395 e. The van der Waals surface area contributed by atoms with Crippen LogP contribution in [-0.2, 0) is 0 Å². The topological polar surface area (TPSA) is 32.3 Å². The number of nitrogens with one attached hydrogen (secondary N) is 1. The highest BCUT2D eigenvalue weighted by Crippen LogP contribution is 2.58. The first kappa shape index (κ1) is 9.47. The maximum Gasteiger partial charge on any atom is 0.0590 e. The third kappa shape index (κ3) is 1.15. The molecule has 2 aliphatic rings. The van der Waals surface area contributed by atoms with E-state index in [0.29, 0.717) is 23.5 Å². The molecule has 76 valence electrons. The van der Waals surface area contributed by atoms with E-state index in [1.807, 2.05) is 0 Å². The average molecular weight is 183 g/mol. The second-order valence-corrected chi connectivity index (χ2v) is 5.33. The molecule has 0 aromatic heterocycles. The minimum absolute atomic E-state index is 0.309. The van der Waals surface area contributed by atoms with Gasteiger partial charge in [-0.25, -0.2) is 0 Å². The van der Waals surface area contributed by atoms with Gasteiger partial charge in [-0.3, -0.25) is 0 Å². The largest absolute Gasteiger partial charge is 0.395 e. The average Bonchev–Trinajstić information content (AvgIpc) is 2.59. The molecule has 0 amide bonds. The Labute approximate surface area is 80.7 Å². The standard InChI is InChI=1S/C11H21NO/c1-10(2)4-3-5-11(10)6-7-12-9(11)8-13/h9,12-13H,3-8H2,1-2H3. The quantitative estimate of drug-likeness (QED) is 0.646. The molecule has 2 fully saturated rings. The normalized spacial score (nSPS) is 43.2. The van der Waals surface area contributed by atoms with Gasteiger partial charge in [-0.2, -0.15) is 0 Å². The summed E-state index contributed by atoms with van der Waals surface area (Å²) < 4.78 is 0. The molecule has 2 atom stereocenters. The summed E-state index contributed by atoms with van der Waals surface area (Å²) in [5, 5.41) is 12.8. The van der Waals surface area contributed by atoms with Crippen molar-refractivity contribution in [2.45, 2.75) is 45.6 Å². The number of hydrogen-bond acceptors (Lipinski definition) is 2. The maximum atomic E-state index is 9.36. The van der Waals surface area contributed by atoms with E-state index in [2.05, 4.69) is 19.2 Å². The lowest BCUT2D eigenvalue weighted by Crippen LogP contribution is -2.45. The Bertz CT molecular complexity index is 198. The smallest absolute Gasteiger partial charge is 0.0590 e. The highest BCUT2D eigenvalue weighted by molar-refractivity contribution is 5.08. The fourth-order valence-corrected chi connectivity index (χ4v) is 3.62. The third-order valence-electron chi connectivity index (χ3n) is 4.58. The van der Waals surface area contributed by atoms with Crippen molar-refractivity contribution in [1.82, 2.24) is 5.32 Å². The molecule has 0 radical (unpaired) electrons. The molecule has 0 aromatic carbocycles. The van der Waals surface area contributed by atoms with E-state index in [4.69, 9.17) is 0 Å². The highest BCUT2D eigenvalue weighted by atomic mass is 16.3. The summed E-state index contributed by atoms with van der Waals surface area (Å²) in [6.07, 6.45) is 5.22. The Balaban J connectivity index is 2.27. The van der Waals surface area contributed by atoms with Gasteiger partial charge in [0.05, 0.1) is 6.61 Å². The van der Waals surface area contributed by atoms with Crippen LogP contribution in [0.2, 0.25) is 0 Å². The Hall–Kier alpha value is -0.0800. The van der Waals surface area contributed by atoms with Gasteiger partial charge in [0.25, 0.3) is 0 Å². The molecule has 2 heteroatoms. The van der Waals surface area contributed by atoms with Crippen LogP contribution in [0.1, 0.15) is 39.5 Å². The molecular formula is C11H21NO. The summed E-state index contributed by atoms with van der Waals surface area (Å²) in [5.74, 6) is 0. The lowest BCUT2D eigenvalue weighted by atomic mass is 9.64. The van der Waals surface area contributed by atoms with Gasteiger partial charge in [0.1, 0.15) is 0 Å². The summed E-state index contributed by atoms with van der Waals surface area (Å²) in [6, 6.07) is 0.352. The molecular weight excluding hydrogens is 162 g/mol. The zero-order valence-corrected chi connectivity index (χ0v) is 8.77. The van der Waals surface area contributed by atoms with Crippen LogP contribution in [0.15, 0.2) is 0 Å². The highest BCUT2D eigenvalue weighted by Gasteiger charge is 2.54. The van der Waals surface area contributed by atoms with Gasteiger partial charge in [-0.15, -0.1) is 0 Å². The number of hydrogen-bond donors (Lipinski definition) is 2. The van der Waals surface area contributed by atoms with Crippen LogP contribution in [-0.4, -0.2) is 24.3 Å². The van der Waals surface area contributed by atoms with E-state index < -0.39 is 0 Å². The van der Waals surface area contributed by atoms with E-state index in [-0.39, 0.29) is 0 Å². The minimum atomic E-state index is 0.309. The van der Waals surface area contributed by atoms with Crippen LogP contribution < -0.4 is 5.32 Å². The van der Waals surface area contributed by atoms with Crippen molar-refractivity contribution in [3.05, 3.63) is 0 Å². The predicted octanol–water partition coefficient (Wildman–Crippen LogP) is 1.54.